The monoisotopic (exact) mass is 363 g/mol. The van der Waals surface area contributed by atoms with Gasteiger partial charge in [0.2, 0.25) is 0 Å². The lowest BCUT2D eigenvalue weighted by Crippen LogP contribution is -2.34. The Morgan fingerprint density at radius 1 is 0.808 bits per heavy atom. The van der Waals surface area contributed by atoms with Crippen molar-refractivity contribution in [3.05, 3.63) is 10.4 Å². The Hall–Kier alpha value is -0.890. The molecule has 0 radical (unpaired) electrons. The van der Waals surface area contributed by atoms with E-state index in [1.54, 1.807) is 0 Å². The van der Waals surface area contributed by atoms with Gasteiger partial charge in [-0.2, -0.15) is 0 Å². The second-order valence-electron chi connectivity index (χ2n) is 8.93. The zero-order valence-electron chi connectivity index (χ0n) is 15.7. The molecule has 6 saturated heterocycles. The third-order valence-electron chi connectivity index (χ3n) is 7.18. The van der Waals surface area contributed by atoms with Gasteiger partial charge in [0.25, 0.3) is 0 Å². The second kappa shape index (κ2) is 8.00. The minimum absolute atomic E-state index is 0.00347. The quantitative estimate of drug-likeness (QED) is 0.397. The van der Waals surface area contributed by atoms with E-state index in [-0.39, 0.29) is 12.1 Å². The van der Waals surface area contributed by atoms with Crippen LogP contribution in [0.1, 0.15) is 19.3 Å². The molecule has 6 aliphatic rings. The van der Waals surface area contributed by atoms with Gasteiger partial charge in [-0.3, -0.25) is 0 Å². The molecule has 6 bridgehead atoms. The summed E-state index contributed by atoms with van der Waals surface area (Å²) in [6.07, 6.45) is 3.80. The Morgan fingerprint density at radius 3 is 1.65 bits per heavy atom. The third kappa shape index (κ3) is 4.01. The molecule has 0 spiro atoms. The molecule has 0 aliphatic carbocycles. The molecule has 6 aliphatic heterocycles. The number of azide groups is 1. The van der Waals surface area contributed by atoms with Gasteiger partial charge < -0.3 is 25.5 Å². The van der Waals surface area contributed by atoms with Gasteiger partial charge in [-0.15, -0.1) is 0 Å². The van der Waals surface area contributed by atoms with E-state index in [1.807, 2.05) is 0 Å². The standard InChI is InChI=1S/C6H10N4.C6H12N2.C6H11NO/c7-9-8-6-4-10-2-1-5(6)3-10;7-6-4-8-2-1-5(6)3-8;8-6-4-7-2-1-5(6)3-7/h5-6H,1-4H2;5-6H,1-4,7H2;5-6,8H,1-4H2. The average Bonchev–Trinajstić information content (AvgIpc) is 3.43. The summed E-state index contributed by atoms with van der Waals surface area (Å²) in [7, 11) is 0. The fourth-order valence-corrected chi connectivity index (χ4v) is 5.53. The predicted molar refractivity (Wildman–Crippen MR) is 101 cm³/mol. The normalized spacial score (nSPS) is 49.2. The molecule has 0 aromatic carbocycles. The number of nitrogens with two attached hydrogens (primary N) is 1. The molecule has 3 N–H and O–H groups in total. The number of piperidine rings is 3. The van der Waals surface area contributed by atoms with Crippen molar-refractivity contribution in [2.45, 2.75) is 37.5 Å². The molecule has 6 heterocycles. The molecule has 0 aromatic rings. The van der Waals surface area contributed by atoms with E-state index in [1.165, 1.54) is 45.4 Å². The molecule has 146 valence electrons. The van der Waals surface area contributed by atoms with Crippen LogP contribution in [0.4, 0.5) is 0 Å². The molecular formula is C18H33N7O. The second-order valence-corrected chi connectivity index (χ2v) is 8.93. The van der Waals surface area contributed by atoms with Crippen LogP contribution in [0.5, 0.6) is 0 Å². The van der Waals surface area contributed by atoms with E-state index >= 15 is 0 Å². The van der Waals surface area contributed by atoms with Gasteiger partial charge in [0.1, 0.15) is 0 Å². The fourth-order valence-electron chi connectivity index (χ4n) is 5.53. The highest BCUT2D eigenvalue weighted by Gasteiger charge is 2.37. The lowest BCUT2D eigenvalue weighted by molar-refractivity contribution is 0.118. The Bertz CT molecular complexity index is 510. The molecule has 8 nitrogen and oxygen atoms in total. The summed E-state index contributed by atoms with van der Waals surface area (Å²) >= 11 is 0. The molecule has 0 amide bonds. The van der Waals surface area contributed by atoms with Crippen LogP contribution in [-0.4, -0.2) is 96.9 Å². The van der Waals surface area contributed by atoms with E-state index in [9.17, 15) is 5.11 Å². The third-order valence-corrected chi connectivity index (χ3v) is 7.18. The summed E-state index contributed by atoms with van der Waals surface area (Å²) in [5.41, 5.74) is 14.0. The number of aliphatic hydroxyl groups is 1. The lowest BCUT2D eigenvalue weighted by atomic mass is 10.0. The minimum atomic E-state index is 0.00347. The van der Waals surface area contributed by atoms with Crippen molar-refractivity contribution in [3.63, 3.8) is 0 Å². The Kier molecular flexibility index (Phi) is 5.69. The van der Waals surface area contributed by atoms with Crippen molar-refractivity contribution in [3.8, 4) is 0 Å². The molecule has 0 saturated carbocycles. The predicted octanol–water partition coefficient (Wildman–Crippen LogP) is 0.333. The van der Waals surface area contributed by atoms with Gasteiger partial charge in [0.05, 0.1) is 12.1 Å². The first-order valence-electron chi connectivity index (χ1n) is 10.3. The topological polar surface area (TPSA) is 105 Å². The SMILES string of the molecule is NC1CN2CCC1C2.OC1CN2CCC1C2.[N-]=[N+]=NC1CN2CCC1C2. The van der Waals surface area contributed by atoms with Crippen LogP contribution >= 0.6 is 0 Å². The van der Waals surface area contributed by atoms with Crippen LogP contribution in [0.15, 0.2) is 5.11 Å². The van der Waals surface area contributed by atoms with Gasteiger partial charge in [0, 0.05) is 56.1 Å². The van der Waals surface area contributed by atoms with Gasteiger partial charge in [0.15, 0.2) is 0 Å². The van der Waals surface area contributed by atoms with Crippen LogP contribution in [0.2, 0.25) is 0 Å². The van der Waals surface area contributed by atoms with Crippen molar-refractivity contribution in [1.29, 1.82) is 0 Å². The highest BCUT2D eigenvalue weighted by molar-refractivity contribution is 4.95. The molecule has 0 aromatic heterocycles. The molecule has 6 fully saturated rings. The minimum Gasteiger partial charge on any atom is -0.391 e. The Labute approximate surface area is 155 Å². The van der Waals surface area contributed by atoms with Crippen molar-refractivity contribution >= 4 is 0 Å². The summed E-state index contributed by atoms with van der Waals surface area (Å²) in [4.78, 5) is 9.98. The first kappa shape index (κ1) is 18.5. The Morgan fingerprint density at radius 2 is 1.38 bits per heavy atom. The van der Waals surface area contributed by atoms with Gasteiger partial charge in [-0.1, -0.05) is 5.11 Å². The maximum absolute atomic E-state index is 9.18. The van der Waals surface area contributed by atoms with E-state index < -0.39 is 0 Å². The van der Waals surface area contributed by atoms with Gasteiger partial charge >= 0.3 is 0 Å². The first-order valence-corrected chi connectivity index (χ1v) is 10.3. The molecule has 6 rings (SSSR count). The largest absolute Gasteiger partial charge is 0.391 e. The zero-order chi connectivity index (χ0) is 18.1. The number of rotatable bonds is 1. The molecule has 26 heavy (non-hydrogen) atoms. The van der Waals surface area contributed by atoms with Crippen molar-refractivity contribution in [2.75, 3.05) is 58.9 Å². The average molecular weight is 364 g/mol. The number of fused-ring (bicyclic) bond motifs is 6. The summed E-state index contributed by atoms with van der Waals surface area (Å²) < 4.78 is 0. The van der Waals surface area contributed by atoms with Crippen LogP contribution in [0.25, 0.3) is 10.4 Å². The molecule has 9 atom stereocenters. The van der Waals surface area contributed by atoms with E-state index in [4.69, 9.17) is 11.3 Å². The van der Waals surface area contributed by atoms with Crippen molar-refractivity contribution in [1.82, 2.24) is 14.7 Å². The highest BCUT2D eigenvalue weighted by Crippen LogP contribution is 2.30. The summed E-state index contributed by atoms with van der Waals surface area (Å²) in [6.45, 7) is 10.4. The van der Waals surface area contributed by atoms with Crippen LogP contribution in [-0.2, 0) is 0 Å². The van der Waals surface area contributed by atoms with Crippen molar-refractivity contribution < 1.29 is 5.11 Å². The summed E-state index contributed by atoms with van der Waals surface area (Å²) in [6, 6.07) is 0.780. The van der Waals surface area contributed by atoms with E-state index in [0.717, 1.165) is 38.6 Å². The van der Waals surface area contributed by atoms with Gasteiger partial charge in [-0.25, -0.2) is 0 Å². The van der Waals surface area contributed by atoms with Crippen LogP contribution < -0.4 is 5.73 Å². The number of hydrogen-bond acceptors (Lipinski definition) is 6. The van der Waals surface area contributed by atoms with Crippen LogP contribution in [0.3, 0.4) is 0 Å². The number of hydrogen-bond donors (Lipinski definition) is 2. The van der Waals surface area contributed by atoms with Crippen molar-refractivity contribution in [2.24, 2.45) is 28.6 Å². The lowest BCUT2D eigenvalue weighted by Gasteiger charge is -2.16. The Balaban J connectivity index is 0.0000000979. The maximum Gasteiger partial charge on any atom is 0.0707 e. The van der Waals surface area contributed by atoms with Crippen LogP contribution in [0, 0.1) is 17.8 Å². The van der Waals surface area contributed by atoms with E-state index in [0.29, 0.717) is 17.9 Å². The fraction of sp³-hybridized carbons (Fsp3) is 1.00. The number of aliphatic hydroxyl groups excluding tert-OH is 1. The summed E-state index contributed by atoms with van der Waals surface area (Å²) in [5.74, 6) is 2.13. The molecule has 8 heteroatoms. The highest BCUT2D eigenvalue weighted by atomic mass is 16.3. The number of nitrogens with zero attached hydrogens (tertiary/aromatic N) is 6. The smallest absolute Gasteiger partial charge is 0.0707 e. The summed E-state index contributed by atoms with van der Waals surface area (Å²) in [5, 5.41) is 12.9. The zero-order valence-corrected chi connectivity index (χ0v) is 15.7. The maximum atomic E-state index is 9.18. The first-order chi connectivity index (χ1) is 12.6. The van der Waals surface area contributed by atoms with Gasteiger partial charge in [-0.05, 0) is 56.3 Å². The molecule has 9 unspecified atom stereocenters. The molecular weight excluding hydrogens is 330 g/mol. The van der Waals surface area contributed by atoms with E-state index in [2.05, 4.69) is 24.7 Å².